The van der Waals surface area contributed by atoms with Crippen molar-refractivity contribution in [2.75, 3.05) is 5.32 Å². The van der Waals surface area contributed by atoms with Gasteiger partial charge >= 0.3 is 0 Å². The second-order valence-corrected chi connectivity index (χ2v) is 4.54. The second-order valence-electron chi connectivity index (χ2n) is 4.54. The summed E-state index contributed by atoms with van der Waals surface area (Å²) in [6.45, 7) is 1.97. The SMILES string of the molecule is Cc1ccc(NC(C#N)c2cccc(C(F)F)c2)cc1. The van der Waals surface area contributed by atoms with E-state index in [0.29, 0.717) is 5.56 Å². The second kappa shape index (κ2) is 6.16. The fourth-order valence-corrected chi connectivity index (χ4v) is 1.88. The number of halogens is 2. The Hall–Kier alpha value is -2.41. The first-order chi connectivity index (χ1) is 9.60. The number of benzene rings is 2. The molecule has 0 saturated heterocycles. The van der Waals surface area contributed by atoms with Crippen LogP contribution in [0.25, 0.3) is 0 Å². The number of nitriles is 1. The molecule has 2 aromatic carbocycles. The lowest BCUT2D eigenvalue weighted by molar-refractivity contribution is 0.151. The van der Waals surface area contributed by atoms with Crippen LogP contribution < -0.4 is 5.32 Å². The van der Waals surface area contributed by atoms with E-state index in [1.165, 1.54) is 18.2 Å². The molecule has 0 spiro atoms. The van der Waals surface area contributed by atoms with Gasteiger partial charge in [-0.05, 0) is 30.7 Å². The monoisotopic (exact) mass is 272 g/mol. The normalized spacial score (nSPS) is 11.9. The van der Waals surface area contributed by atoms with E-state index in [0.717, 1.165) is 11.3 Å². The van der Waals surface area contributed by atoms with Crippen molar-refractivity contribution >= 4 is 5.69 Å². The average Bonchev–Trinajstić information content (AvgIpc) is 2.46. The van der Waals surface area contributed by atoms with Gasteiger partial charge in [0, 0.05) is 11.3 Å². The van der Waals surface area contributed by atoms with E-state index in [2.05, 4.69) is 11.4 Å². The molecule has 0 fully saturated rings. The summed E-state index contributed by atoms with van der Waals surface area (Å²) in [6, 6.07) is 14.9. The summed E-state index contributed by atoms with van der Waals surface area (Å²) in [5.74, 6) is 0. The van der Waals surface area contributed by atoms with E-state index in [1.807, 2.05) is 31.2 Å². The lowest BCUT2D eigenvalue weighted by atomic mass is 10.0. The first-order valence-electron chi connectivity index (χ1n) is 6.21. The molecule has 1 N–H and O–H groups in total. The number of alkyl halides is 2. The lowest BCUT2D eigenvalue weighted by Crippen LogP contribution is -2.08. The smallest absolute Gasteiger partial charge is 0.263 e. The Morgan fingerprint density at radius 1 is 1.05 bits per heavy atom. The van der Waals surface area contributed by atoms with Gasteiger partial charge in [-0.1, -0.05) is 35.9 Å². The summed E-state index contributed by atoms with van der Waals surface area (Å²) < 4.78 is 25.4. The first kappa shape index (κ1) is 14.0. The maximum Gasteiger partial charge on any atom is 0.263 e. The highest BCUT2D eigenvalue weighted by Gasteiger charge is 2.13. The van der Waals surface area contributed by atoms with Crippen LogP contribution >= 0.6 is 0 Å². The fraction of sp³-hybridized carbons (Fsp3) is 0.188. The fourth-order valence-electron chi connectivity index (χ4n) is 1.88. The predicted molar refractivity (Wildman–Crippen MR) is 74.6 cm³/mol. The van der Waals surface area contributed by atoms with Crippen molar-refractivity contribution in [1.29, 1.82) is 5.26 Å². The van der Waals surface area contributed by atoms with Gasteiger partial charge in [0.1, 0.15) is 6.04 Å². The molecular formula is C16H14F2N2. The van der Waals surface area contributed by atoms with Gasteiger partial charge in [-0.3, -0.25) is 0 Å². The molecule has 0 radical (unpaired) electrons. The van der Waals surface area contributed by atoms with Crippen molar-refractivity contribution in [2.45, 2.75) is 19.4 Å². The van der Waals surface area contributed by atoms with Crippen molar-refractivity contribution in [1.82, 2.24) is 0 Å². The molecular weight excluding hydrogens is 258 g/mol. The Morgan fingerprint density at radius 3 is 2.30 bits per heavy atom. The summed E-state index contributed by atoms with van der Waals surface area (Å²) in [7, 11) is 0. The van der Waals surface area contributed by atoms with Crippen molar-refractivity contribution in [3.05, 3.63) is 65.2 Å². The number of nitrogens with one attached hydrogen (secondary N) is 1. The van der Waals surface area contributed by atoms with Crippen molar-refractivity contribution in [3.63, 3.8) is 0 Å². The van der Waals surface area contributed by atoms with Crippen molar-refractivity contribution < 1.29 is 8.78 Å². The lowest BCUT2D eigenvalue weighted by Gasteiger charge is -2.14. The van der Waals surface area contributed by atoms with E-state index < -0.39 is 12.5 Å². The molecule has 0 aromatic heterocycles. The first-order valence-corrected chi connectivity index (χ1v) is 6.21. The van der Waals surface area contributed by atoms with Gasteiger partial charge in [0.15, 0.2) is 0 Å². The van der Waals surface area contributed by atoms with Crippen LogP contribution in [-0.4, -0.2) is 0 Å². The molecule has 0 aliphatic carbocycles. The van der Waals surface area contributed by atoms with Crippen LogP contribution in [0.15, 0.2) is 48.5 Å². The zero-order chi connectivity index (χ0) is 14.5. The van der Waals surface area contributed by atoms with Crippen molar-refractivity contribution in [2.24, 2.45) is 0 Å². The third kappa shape index (κ3) is 3.33. The molecule has 0 amide bonds. The van der Waals surface area contributed by atoms with E-state index in [9.17, 15) is 14.0 Å². The number of nitrogens with zero attached hydrogens (tertiary/aromatic N) is 1. The van der Waals surface area contributed by atoms with E-state index >= 15 is 0 Å². The molecule has 0 aliphatic rings. The highest BCUT2D eigenvalue weighted by atomic mass is 19.3. The third-order valence-electron chi connectivity index (χ3n) is 2.99. The molecule has 1 unspecified atom stereocenters. The minimum absolute atomic E-state index is 0.0755. The Bertz CT molecular complexity index is 615. The van der Waals surface area contributed by atoms with Crippen LogP contribution in [0.4, 0.5) is 14.5 Å². The Labute approximate surface area is 116 Å². The average molecular weight is 272 g/mol. The minimum Gasteiger partial charge on any atom is -0.366 e. The molecule has 2 nitrogen and oxygen atoms in total. The number of hydrogen-bond donors (Lipinski definition) is 1. The highest BCUT2D eigenvalue weighted by Crippen LogP contribution is 2.24. The molecule has 20 heavy (non-hydrogen) atoms. The number of hydrogen-bond acceptors (Lipinski definition) is 2. The standard InChI is InChI=1S/C16H14F2N2/c1-11-5-7-14(8-6-11)20-15(10-19)12-3-2-4-13(9-12)16(17)18/h2-9,15-16,20H,1H3. The molecule has 0 aliphatic heterocycles. The molecule has 2 rings (SSSR count). The minimum atomic E-state index is -2.53. The van der Waals surface area contributed by atoms with Gasteiger partial charge in [-0.15, -0.1) is 0 Å². The van der Waals surface area contributed by atoms with Gasteiger partial charge in [0.05, 0.1) is 6.07 Å². The summed E-state index contributed by atoms with van der Waals surface area (Å²) >= 11 is 0. The molecule has 0 heterocycles. The molecule has 102 valence electrons. The molecule has 2 aromatic rings. The zero-order valence-corrected chi connectivity index (χ0v) is 11.0. The van der Waals surface area contributed by atoms with Gasteiger partial charge in [0.2, 0.25) is 0 Å². The summed E-state index contributed by atoms with van der Waals surface area (Å²) in [5, 5.41) is 12.3. The number of rotatable bonds is 4. The van der Waals surface area contributed by atoms with Crippen LogP contribution in [0.2, 0.25) is 0 Å². The third-order valence-corrected chi connectivity index (χ3v) is 2.99. The quantitative estimate of drug-likeness (QED) is 0.882. The van der Waals surface area contributed by atoms with Crippen LogP contribution in [0.1, 0.15) is 29.2 Å². The summed E-state index contributed by atoms with van der Waals surface area (Å²) in [6.07, 6.45) is -2.53. The number of anilines is 1. The maximum absolute atomic E-state index is 12.7. The predicted octanol–water partition coefficient (Wildman–Crippen LogP) is 4.61. The van der Waals surface area contributed by atoms with Crippen molar-refractivity contribution in [3.8, 4) is 6.07 Å². The van der Waals surface area contributed by atoms with Gasteiger partial charge < -0.3 is 5.32 Å². The summed E-state index contributed by atoms with van der Waals surface area (Å²) in [4.78, 5) is 0. The highest BCUT2D eigenvalue weighted by molar-refractivity contribution is 5.48. The van der Waals surface area contributed by atoms with Crippen LogP contribution in [0, 0.1) is 18.3 Å². The maximum atomic E-state index is 12.7. The Balaban J connectivity index is 2.22. The molecule has 4 heteroatoms. The summed E-state index contributed by atoms with van der Waals surface area (Å²) in [5.41, 5.74) is 2.35. The zero-order valence-electron chi connectivity index (χ0n) is 11.0. The van der Waals surface area contributed by atoms with E-state index in [-0.39, 0.29) is 5.56 Å². The van der Waals surface area contributed by atoms with Gasteiger partial charge in [-0.25, -0.2) is 8.78 Å². The Kier molecular flexibility index (Phi) is 4.31. The van der Waals surface area contributed by atoms with Crippen LogP contribution in [0.5, 0.6) is 0 Å². The van der Waals surface area contributed by atoms with Gasteiger partial charge in [-0.2, -0.15) is 5.26 Å². The van der Waals surface area contributed by atoms with Crippen LogP contribution in [0.3, 0.4) is 0 Å². The topological polar surface area (TPSA) is 35.8 Å². The van der Waals surface area contributed by atoms with E-state index in [1.54, 1.807) is 6.07 Å². The Morgan fingerprint density at radius 2 is 1.70 bits per heavy atom. The van der Waals surface area contributed by atoms with Gasteiger partial charge in [0.25, 0.3) is 6.43 Å². The largest absolute Gasteiger partial charge is 0.366 e. The van der Waals surface area contributed by atoms with E-state index in [4.69, 9.17) is 0 Å². The molecule has 0 saturated carbocycles. The molecule has 0 bridgehead atoms. The number of aryl methyl sites for hydroxylation is 1. The van der Waals surface area contributed by atoms with Crippen LogP contribution in [-0.2, 0) is 0 Å². The molecule has 1 atom stereocenters.